The number of aromatic nitrogens is 4. The molecule has 0 saturated heterocycles. The fraction of sp³-hybridized carbons (Fsp3) is 0.263. The van der Waals surface area contributed by atoms with Gasteiger partial charge in [0.1, 0.15) is 5.82 Å². The lowest BCUT2D eigenvalue weighted by atomic mass is 9.92. The lowest BCUT2D eigenvalue weighted by Gasteiger charge is -2.14. The number of aryl methyl sites for hydroxylation is 3. The molecule has 1 aliphatic carbocycles. The van der Waals surface area contributed by atoms with Crippen LogP contribution in [0, 0.1) is 6.92 Å². The number of benzene rings is 1. The van der Waals surface area contributed by atoms with Gasteiger partial charge >= 0.3 is 0 Å². The fourth-order valence-corrected chi connectivity index (χ4v) is 4.46. The zero-order valence-electron chi connectivity index (χ0n) is 14.7. The monoisotopic (exact) mass is 379 g/mol. The molecule has 136 valence electrons. The Hall–Kier alpha value is -3.00. The summed E-state index contributed by atoms with van der Waals surface area (Å²) in [5.41, 5.74) is 4.61. The third-order valence-electron chi connectivity index (χ3n) is 4.76. The number of rotatable bonds is 3. The molecular formula is C19H17N5O2S. The van der Waals surface area contributed by atoms with Gasteiger partial charge in [0.25, 0.3) is 5.91 Å². The molecule has 1 aliphatic rings. The van der Waals surface area contributed by atoms with Gasteiger partial charge in [0.05, 0.1) is 22.1 Å². The molecule has 1 N–H and O–H groups in total. The Morgan fingerprint density at radius 3 is 2.81 bits per heavy atom. The molecule has 0 atom stereocenters. The van der Waals surface area contributed by atoms with Crippen LogP contribution >= 0.6 is 11.3 Å². The first-order chi connectivity index (χ1) is 13.2. The molecule has 8 heteroatoms. The molecule has 5 rings (SSSR count). The number of hydrogen-bond donors (Lipinski definition) is 1. The molecule has 0 spiro atoms. The van der Waals surface area contributed by atoms with Crippen molar-refractivity contribution in [1.29, 1.82) is 0 Å². The van der Waals surface area contributed by atoms with Crippen molar-refractivity contribution in [2.75, 3.05) is 5.32 Å². The van der Waals surface area contributed by atoms with Crippen LogP contribution in [0.3, 0.4) is 0 Å². The number of thiazole rings is 1. The van der Waals surface area contributed by atoms with Crippen molar-refractivity contribution >= 4 is 33.3 Å². The van der Waals surface area contributed by atoms with Crippen LogP contribution < -0.4 is 5.32 Å². The van der Waals surface area contributed by atoms with Crippen molar-refractivity contribution in [3.8, 4) is 5.13 Å². The Kier molecular flexibility index (Phi) is 3.78. The second kappa shape index (κ2) is 6.31. The van der Waals surface area contributed by atoms with Gasteiger partial charge in [-0.1, -0.05) is 16.5 Å². The first-order valence-electron chi connectivity index (χ1n) is 8.89. The summed E-state index contributed by atoms with van der Waals surface area (Å²) in [7, 11) is 0. The Bertz CT molecular complexity index is 1100. The van der Waals surface area contributed by atoms with Gasteiger partial charge in [0.15, 0.2) is 0 Å². The van der Waals surface area contributed by atoms with Crippen molar-refractivity contribution < 1.29 is 9.32 Å². The molecule has 27 heavy (non-hydrogen) atoms. The van der Waals surface area contributed by atoms with E-state index >= 15 is 0 Å². The minimum atomic E-state index is -0.370. The van der Waals surface area contributed by atoms with Crippen molar-refractivity contribution in [3.05, 3.63) is 53.0 Å². The van der Waals surface area contributed by atoms with Gasteiger partial charge in [-0.15, -0.1) is 0 Å². The number of carbonyl (C=O) groups excluding carboxylic acids is 1. The van der Waals surface area contributed by atoms with Crippen LogP contribution in [0.15, 0.2) is 35.0 Å². The van der Waals surface area contributed by atoms with Crippen LogP contribution in [-0.2, 0) is 12.8 Å². The van der Waals surface area contributed by atoms with E-state index in [-0.39, 0.29) is 11.7 Å². The minimum Gasteiger partial charge on any atom is -0.351 e. The van der Waals surface area contributed by atoms with Gasteiger partial charge in [-0.3, -0.25) is 4.79 Å². The molecule has 0 aliphatic heterocycles. The molecule has 1 amide bonds. The van der Waals surface area contributed by atoms with Gasteiger partial charge in [0.2, 0.25) is 10.9 Å². The summed E-state index contributed by atoms with van der Waals surface area (Å²) in [6.45, 7) is 1.88. The van der Waals surface area contributed by atoms with Gasteiger partial charge in [-0.2, -0.15) is 9.78 Å². The predicted octanol–water partition coefficient (Wildman–Crippen LogP) is 3.91. The predicted molar refractivity (Wildman–Crippen MR) is 103 cm³/mol. The molecular weight excluding hydrogens is 362 g/mol. The number of anilines is 1. The Balaban J connectivity index is 1.53. The average Bonchev–Trinajstić information content (AvgIpc) is 3.39. The van der Waals surface area contributed by atoms with Crippen molar-refractivity contribution in [2.45, 2.75) is 32.6 Å². The molecule has 0 fully saturated rings. The number of amides is 1. The summed E-state index contributed by atoms with van der Waals surface area (Å²) in [4.78, 5) is 17.1. The average molecular weight is 379 g/mol. The van der Waals surface area contributed by atoms with Crippen LogP contribution in [-0.4, -0.2) is 25.8 Å². The lowest BCUT2D eigenvalue weighted by Crippen LogP contribution is -2.14. The van der Waals surface area contributed by atoms with Crippen molar-refractivity contribution in [1.82, 2.24) is 19.9 Å². The summed E-state index contributed by atoms with van der Waals surface area (Å²) in [5, 5.41) is 11.6. The van der Waals surface area contributed by atoms with E-state index in [1.54, 1.807) is 16.0 Å². The molecule has 0 radical (unpaired) electrons. The molecule has 0 unspecified atom stereocenters. The van der Waals surface area contributed by atoms with Crippen LogP contribution in [0.1, 0.15) is 40.2 Å². The fourth-order valence-electron chi connectivity index (χ4n) is 3.48. The molecule has 3 heterocycles. The van der Waals surface area contributed by atoms with Crippen LogP contribution in [0.25, 0.3) is 15.3 Å². The van der Waals surface area contributed by atoms with Gasteiger partial charge in [0, 0.05) is 12.1 Å². The molecule has 0 saturated carbocycles. The maximum atomic E-state index is 12.3. The summed E-state index contributed by atoms with van der Waals surface area (Å²) >= 11 is 1.58. The van der Waals surface area contributed by atoms with E-state index in [1.807, 2.05) is 13.0 Å². The van der Waals surface area contributed by atoms with Gasteiger partial charge in [-0.25, -0.2) is 4.98 Å². The lowest BCUT2D eigenvalue weighted by molar-refractivity contribution is 0.0987. The highest BCUT2D eigenvalue weighted by Crippen LogP contribution is 2.32. The summed E-state index contributed by atoms with van der Waals surface area (Å²) in [6.07, 6.45) is 6.19. The standard InChI is InChI=1S/C19H17N5O2S/c1-11-8-17(22-18(25)15-6-7-20-26-15)24(23-11)19-21-14-9-12-4-2-3-5-13(12)10-16(14)27-19/h6-10H,2-5H2,1H3,(H,22,25). The second-order valence-corrected chi connectivity index (χ2v) is 7.71. The summed E-state index contributed by atoms with van der Waals surface area (Å²) < 4.78 is 7.74. The molecule has 4 aromatic rings. The molecule has 3 aromatic heterocycles. The Labute approximate surface area is 159 Å². The third kappa shape index (κ3) is 2.91. The molecule has 0 bridgehead atoms. The normalized spacial score (nSPS) is 13.7. The first kappa shape index (κ1) is 16.2. The highest BCUT2D eigenvalue weighted by atomic mass is 32.1. The van der Waals surface area contributed by atoms with E-state index in [9.17, 15) is 4.79 Å². The largest absolute Gasteiger partial charge is 0.351 e. The van der Waals surface area contributed by atoms with Crippen LogP contribution in [0.5, 0.6) is 0 Å². The number of carbonyl (C=O) groups is 1. The van der Waals surface area contributed by atoms with Gasteiger partial charge < -0.3 is 9.84 Å². The number of nitrogens with one attached hydrogen (secondary N) is 1. The van der Waals surface area contributed by atoms with Crippen LogP contribution in [0.4, 0.5) is 5.82 Å². The van der Waals surface area contributed by atoms with Crippen molar-refractivity contribution in [2.24, 2.45) is 0 Å². The number of fused-ring (bicyclic) bond motifs is 2. The zero-order chi connectivity index (χ0) is 18.4. The summed E-state index contributed by atoms with van der Waals surface area (Å²) in [6, 6.07) is 7.79. The van der Waals surface area contributed by atoms with E-state index in [2.05, 4.69) is 27.7 Å². The Morgan fingerprint density at radius 1 is 1.22 bits per heavy atom. The summed E-state index contributed by atoms with van der Waals surface area (Å²) in [5.74, 6) is 0.334. The SMILES string of the molecule is Cc1cc(NC(=O)c2ccno2)n(-c2nc3cc4c(cc3s2)CCCC4)n1. The maximum absolute atomic E-state index is 12.3. The van der Waals surface area contributed by atoms with E-state index in [0.29, 0.717) is 5.82 Å². The van der Waals surface area contributed by atoms with Gasteiger partial charge in [-0.05, 0) is 55.9 Å². The zero-order valence-corrected chi connectivity index (χ0v) is 15.5. The number of nitrogens with zero attached hydrogens (tertiary/aromatic N) is 4. The Morgan fingerprint density at radius 2 is 2.04 bits per heavy atom. The molecule has 1 aromatic carbocycles. The van der Waals surface area contributed by atoms with Crippen molar-refractivity contribution in [3.63, 3.8) is 0 Å². The highest BCUT2D eigenvalue weighted by molar-refractivity contribution is 7.20. The van der Waals surface area contributed by atoms with Crippen LogP contribution in [0.2, 0.25) is 0 Å². The number of hydrogen-bond acceptors (Lipinski definition) is 6. The van der Waals surface area contributed by atoms with E-state index < -0.39 is 0 Å². The maximum Gasteiger partial charge on any atom is 0.295 e. The van der Waals surface area contributed by atoms with E-state index in [4.69, 9.17) is 9.51 Å². The smallest absolute Gasteiger partial charge is 0.295 e. The quantitative estimate of drug-likeness (QED) is 0.583. The van der Waals surface area contributed by atoms with E-state index in [1.165, 1.54) is 36.2 Å². The first-order valence-corrected chi connectivity index (χ1v) is 9.70. The minimum absolute atomic E-state index is 0.150. The highest BCUT2D eigenvalue weighted by Gasteiger charge is 2.18. The second-order valence-electron chi connectivity index (χ2n) is 6.71. The molecule has 7 nitrogen and oxygen atoms in total. The topological polar surface area (TPSA) is 85.8 Å². The third-order valence-corrected chi connectivity index (χ3v) is 5.75. The van der Waals surface area contributed by atoms with E-state index in [0.717, 1.165) is 33.9 Å².